The molecule has 5 heteroatoms. The first-order valence-corrected chi connectivity index (χ1v) is 9.02. The van der Waals surface area contributed by atoms with Gasteiger partial charge in [0.15, 0.2) is 5.13 Å². The van der Waals surface area contributed by atoms with Crippen molar-refractivity contribution in [2.75, 3.05) is 18.1 Å². The summed E-state index contributed by atoms with van der Waals surface area (Å²) in [6.45, 7) is 3.45. The molecule has 1 saturated heterocycles. The fourth-order valence-corrected chi connectivity index (χ4v) is 4.59. The lowest BCUT2D eigenvalue weighted by atomic mass is 9.85. The topological polar surface area (TPSA) is 42.4 Å². The number of aryl methyl sites for hydroxylation is 1. The second-order valence-electron chi connectivity index (χ2n) is 6.02. The van der Waals surface area contributed by atoms with Gasteiger partial charge in [0, 0.05) is 24.4 Å². The van der Waals surface area contributed by atoms with Crippen LogP contribution in [0.4, 0.5) is 5.13 Å². The number of fused-ring (bicyclic) bond motifs is 1. The van der Waals surface area contributed by atoms with E-state index >= 15 is 0 Å². The van der Waals surface area contributed by atoms with E-state index < -0.39 is 0 Å². The number of esters is 1. The van der Waals surface area contributed by atoms with Gasteiger partial charge in [-0.15, -0.1) is 11.3 Å². The first-order valence-electron chi connectivity index (χ1n) is 8.14. The molecule has 2 aliphatic rings. The third-order valence-electron chi connectivity index (χ3n) is 4.69. The molecule has 3 rings (SSSR count). The first-order chi connectivity index (χ1) is 10.3. The average Bonchev–Trinajstić information content (AvgIpc) is 3.12. The molecule has 2 unspecified atom stereocenters. The highest BCUT2D eigenvalue weighted by molar-refractivity contribution is 7.13. The quantitative estimate of drug-likeness (QED) is 0.782. The molecule has 0 aromatic carbocycles. The number of hydrogen-bond acceptors (Lipinski definition) is 5. The zero-order valence-corrected chi connectivity index (χ0v) is 13.5. The van der Waals surface area contributed by atoms with Crippen LogP contribution >= 0.6 is 11.3 Å². The zero-order valence-electron chi connectivity index (χ0n) is 12.7. The van der Waals surface area contributed by atoms with Crippen LogP contribution in [-0.4, -0.2) is 30.1 Å². The van der Waals surface area contributed by atoms with Crippen molar-refractivity contribution in [1.82, 2.24) is 4.98 Å². The van der Waals surface area contributed by atoms with Crippen LogP contribution in [0.3, 0.4) is 0 Å². The van der Waals surface area contributed by atoms with E-state index in [0.717, 1.165) is 23.3 Å². The smallest absolute Gasteiger partial charge is 0.306 e. The van der Waals surface area contributed by atoms with Crippen molar-refractivity contribution in [1.29, 1.82) is 0 Å². The Hall–Kier alpha value is -1.10. The fourth-order valence-electron chi connectivity index (χ4n) is 3.65. The average molecular weight is 308 g/mol. The van der Waals surface area contributed by atoms with Crippen LogP contribution in [0, 0.1) is 5.92 Å². The molecule has 2 heterocycles. The third-order valence-corrected chi connectivity index (χ3v) is 5.61. The Labute approximate surface area is 130 Å². The summed E-state index contributed by atoms with van der Waals surface area (Å²) in [5.74, 6) is 0.756. The van der Waals surface area contributed by atoms with Crippen LogP contribution in [0.2, 0.25) is 0 Å². The Balaban J connectivity index is 1.58. The summed E-state index contributed by atoms with van der Waals surface area (Å²) in [5, 5.41) is 3.26. The van der Waals surface area contributed by atoms with E-state index in [1.807, 2.05) is 6.92 Å². The van der Waals surface area contributed by atoms with Gasteiger partial charge in [0.2, 0.25) is 0 Å². The van der Waals surface area contributed by atoms with Gasteiger partial charge < -0.3 is 9.64 Å². The monoisotopic (exact) mass is 308 g/mol. The molecule has 0 N–H and O–H groups in total. The number of nitrogens with zero attached hydrogens (tertiary/aromatic N) is 2. The van der Waals surface area contributed by atoms with Gasteiger partial charge >= 0.3 is 5.97 Å². The Kier molecular flexibility index (Phi) is 4.78. The lowest BCUT2D eigenvalue weighted by Gasteiger charge is -2.31. The normalized spacial score (nSPS) is 24.9. The molecular weight excluding hydrogens is 284 g/mol. The highest BCUT2D eigenvalue weighted by Crippen LogP contribution is 2.39. The predicted octanol–water partition coefficient (Wildman–Crippen LogP) is 3.41. The van der Waals surface area contributed by atoms with Crippen LogP contribution in [-0.2, 0) is 16.0 Å². The second-order valence-corrected chi connectivity index (χ2v) is 6.86. The van der Waals surface area contributed by atoms with E-state index in [4.69, 9.17) is 9.72 Å². The minimum atomic E-state index is -0.124. The molecule has 0 spiro atoms. The highest BCUT2D eigenvalue weighted by atomic mass is 32.1. The lowest BCUT2D eigenvalue weighted by molar-refractivity contribution is -0.143. The summed E-state index contributed by atoms with van der Waals surface area (Å²) in [6.07, 6.45) is 7.92. The van der Waals surface area contributed by atoms with Gasteiger partial charge in [0.25, 0.3) is 0 Å². The molecular formula is C16H24N2O2S. The Morgan fingerprint density at radius 1 is 1.43 bits per heavy atom. The van der Waals surface area contributed by atoms with Gasteiger partial charge in [-0.3, -0.25) is 4.79 Å². The van der Waals surface area contributed by atoms with Gasteiger partial charge in [-0.25, -0.2) is 4.98 Å². The van der Waals surface area contributed by atoms with Crippen molar-refractivity contribution in [3.63, 3.8) is 0 Å². The van der Waals surface area contributed by atoms with Gasteiger partial charge in [-0.05, 0) is 32.1 Å². The summed E-state index contributed by atoms with van der Waals surface area (Å²) in [4.78, 5) is 18.7. The Morgan fingerprint density at radius 3 is 3.14 bits per heavy atom. The largest absolute Gasteiger partial charge is 0.466 e. The Morgan fingerprint density at radius 2 is 2.29 bits per heavy atom. The van der Waals surface area contributed by atoms with Crippen molar-refractivity contribution in [2.45, 2.75) is 57.9 Å². The molecule has 2 atom stereocenters. The van der Waals surface area contributed by atoms with E-state index in [0.29, 0.717) is 25.5 Å². The molecule has 2 fully saturated rings. The van der Waals surface area contributed by atoms with Crippen molar-refractivity contribution < 1.29 is 9.53 Å². The van der Waals surface area contributed by atoms with Crippen LogP contribution in [0.25, 0.3) is 0 Å². The van der Waals surface area contributed by atoms with E-state index in [2.05, 4.69) is 10.3 Å². The number of rotatable bonds is 5. The van der Waals surface area contributed by atoms with Crippen molar-refractivity contribution in [3.05, 3.63) is 11.1 Å². The Bertz CT molecular complexity index is 488. The summed E-state index contributed by atoms with van der Waals surface area (Å²) in [7, 11) is 0. The highest BCUT2D eigenvalue weighted by Gasteiger charge is 2.36. The lowest BCUT2D eigenvalue weighted by Crippen LogP contribution is -2.34. The minimum absolute atomic E-state index is 0.124. The maximum atomic E-state index is 11.4. The maximum absolute atomic E-state index is 11.4. The predicted molar refractivity (Wildman–Crippen MR) is 84.8 cm³/mol. The van der Waals surface area contributed by atoms with Crippen LogP contribution in [0.5, 0.6) is 0 Å². The number of aromatic nitrogens is 1. The number of carbonyl (C=O) groups is 1. The SMILES string of the molecule is CCOC(=O)CCc1csc(N2CCC3CCCCC32)n1. The summed E-state index contributed by atoms with van der Waals surface area (Å²) >= 11 is 1.73. The van der Waals surface area contributed by atoms with Crippen molar-refractivity contribution in [2.24, 2.45) is 5.92 Å². The first kappa shape index (κ1) is 14.8. The maximum Gasteiger partial charge on any atom is 0.306 e. The van der Waals surface area contributed by atoms with Crippen LogP contribution in [0.1, 0.15) is 51.1 Å². The van der Waals surface area contributed by atoms with E-state index in [-0.39, 0.29) is 5.97 Å². The van der Waals surface area contributed by atoms with E-state index in [1.165, 1.54) is 32.1 Å². The number of thiazole rings is 1. The molecule has 0 bridgehead atoms. The van der Waals surface area contributed by atoms with E-state index in [9.17, 15) is 4.79 Å². The minimum Gasteiger partial charge on any atom is -0.466 e. The molecule has 4 nitrogen and oxygen atoms in total. The summed E-state index contributed by atoms with van der Waals surface area (Å²) < 4.78 is 4.97. The molecule has 1 aromatic rings. The molecule has 0 radical (unpaired) electrons. The molecule has 1 aromatic heterocycles. The second kappa shape index (κ2) is 6.77. The van der Waals surface area contributed by atoms with Crippen LogP contribution < -0.4 is 4.90 Å². The number of carbonyl (C=O) groups excluding carboxylic acids is 1. The van der Waals surface area contributed by atoms with Crippen LogP contribution in [0.15, 0.2) is 5.38 Å². The number of anilines is 1. The van der Waals surface area contributed by atoms with Gasteiger partial charge in [-0.1, -0.05) is 12.8 Å². The molecule has 1 aliphatic carbocycles. The van der Waals surface area contributed by atoms with Crippen molar-refractivity contribution >= 4 is 22.4 Å². The molecule has 1 aliphatic heterocycles. The fraction of sp³-hybridized carbons (Fsp3) is 0.750. The molecule has 1 saturated carbocycles. The third kappa shape index (κ3) is 3.39. The van der Waals surface area contributed by atoms with E-state index in [1.54, 1.807) is 11.3 Å². The van der Waals surface area contributed by atoms with Gasteiger partial charge in [0.1, 0.15) is 0 Å². The number of hydrogen-bond donors (Lipinski definition) is 0. The number of ether oxygens (including phenoxy) is 1. The molecule has 21 heavy (non-hydrogen) atoms. The van der Waals surface area contributed by atoms with Gasteiger partial charge in [0.05, 0.1) is 18.7 Å². The van der Waals surface area contributed by atoms with Gasteiger partial charge in [-0.2, -0.15) is 0 Å². The molecule has 116 valence electrons. The van der Waals surface area contributed by atoms with Crippen molar-refractivity contribution in [3.8, 4) is 0 Å². The zero-order chi connectivity index (χ0) is 14.7. The molecule has 0 amide bonds. The summed E-state index contributed by atoms with van der Waals surface area (Å²) in [5.41, 5.74) is 1.03. The standard InChI is InChI=1S/C16H24N2O2S/c1-2-20-15(19)8-7-13-11-21-16(17-13)18-10-9-12-5-3-4-6-14(12)18/h11-12,14H,2-10H2,1H3. The summed E-state index contributed by atoms with van der Waals surface area (Å²) in [6, 6.07) is 0.711.